The monoisotopic (exact) mass is 308 g/mol. The number of rotatable bonds is 4. The third-order valence-corrected chi connectivity index (χ3v) is 3.33. The standard InChI is InChI=1S/C15H14BrFO/c1-2-12-8-13(16)14(17)9-15(12)18-10-11-6-4-3-5-7-11/h3-9H,2,10H2,1H3. The highest BCUT2D eigenvalue weighted by Gasteiger charge is 2.08. The summed E-state index contributed by atoms with van der Waals surface area (Å²) < 4.78 is 19.7. The second-order valence-corrected chi connectivity index (χ2v) is 4.86. The Labute approximate surface area is 115 Å². The molecule has 2 rings (SSSR count). The first-order chi connectivity index (χ1) is 8.70. The molecule has 0 bridgehead atoms. The Kier molecular flexibility index (Phi) is 4.37. The lowest BCUT2D eigenvalue weighted by Gasteiger charge is -2.11. The molecule has 0 fully saturated rings. The molecule has 2 aromatic carbocycles. The maximum absolute atomic E-state index is 13.5. The van der Waals surface area contributed by atoms with E-state index in [0.717, 1.165) is 17.5 Å². The number of hydrogen-bond donors (Lipinski definition) is 0. The van der Waals surface area contributed by atoms with Gasteiger partial charge in [0.1, 0.15) is 18.2 Å². The van der Waals surface area contributed by atoms with E-state index in [1.165, 1.54) is 6.07 Å². The maximum atomic E-state index is 13.5. The fourth-order valence-corrected chi connectivity index (χ4v) is 2.11. The fourth-order valence-electron chi connectivity index (χ4n) is 1.72. The van der Waals surface area contributed by atoms with Crippen LogP contribution in [0.4, 0.5) is 4.39 Å². The van der Waals surface area contributed by atoms with E-state index < -0.39 is 0 Å². The molecule has 0 spiro atoms. The largest absolute Gasteiger partial charge is 0.489 e. The Bertz CT molecular complexity index is 526. The lowest BCUT2D eigenvalue weighted by Crippen LogP contribution is -1.99. The molecule has 0 atom stereocenters. The van der Waals surface area contributed by atoms with Crippen molar-refractivity contribution in [1.82, 2.24) is 0 Å². The van der Waals surface area contributed by atoms with Gasteiger partial charge in [-0.2, -0.15) is 0 Å². The molecule has 1 nitrogen and oxygen atoms in total. The summed E-state index contributed by atoms with van der Waals surface area (Å²) in [6.07, 6.45) is 0.809. The van der Waals surface area contributed by atoms with Crippen LogP contribution in [0.1, 0.15) is 18.1 Å². The van der Waals surface area contributed by atoms with Gasteiger partial charge in [-0.05, 0) is 39.5 Å². The van der Waals surface area contributed by atoms with Crippen LogP contribution in [0.5, 0.6) is 5.75 Å². The summed E-state index contributed by atoms with van der Waals surface area (Å²) in [6.45, 7) is 2.48. The first-order valence-corrected chi connectivity index (χ1v) is 6.64. The van der Waals surface area contributed by atoms with Crippen LogP contribution in [0.15, 0.2) is 46.9 Å². The number of halogens is 2. The number of aryl methyl sites for hydroxylation is 1. The van der Waals surface area contributed by atoms with Crippen molar-refractivity contribution in [2.75, 3.05) is 0 Å². The first kappa shape index (κ1) is 13.1. The van der Waals surface area contributed by atoms with Crippen molar-refractivity contribution in [1.29, 1.82) is 0 Å². The fraction of sp³-hybridized carbons (Fsp3) is 0.200. The van der Waals surface area contributed by atoms with E-state index in [0.29, 0.717) is 16.8 Å². The predicted molar refractivity (Wildman–Crippen MR) is 74.3 cm³/mol. The molecule has 0 aliphatic rings. The Morgan fingerprint density at radius 1 is 1.17 bits per heavy atom. The minimum absolute atomic E-state index is 0.296. The molecule has 94 valence electrons. The van der Waals surface area contributed by atoms with Crippen LogP contribution in [0.3, 0.4) is 0 Å². The molecule has 2 aromatic rings. The van der Waals surface area contributed by atoms with Gasteiger partial charge in [-0.1, -0.05) is 37.3 Å². The predicted octanol–water partition coefficient (Wildman–Crippen LogP) is 4.73. The van der Waals surface area contributed by atoms with Crippen LogP contribution >= 0.6 is 15.9 Å². The molecule has 0 aromatic heterocycles. The van der Waals surface area contributed by atoms with Gasteiger partial charge in [0.15, 0.2) is 0 Å². The van der Waals surface area contributed by atoms with Crippen molar-refractivity contribution in [3.8, 4) is 5.75 Å². The Morgan fingerprint density at radius 3 is 2.56 bits per heavy atom. The smallest absolute Gasteiger partial charge is 0.141 e. The summed E-state index contributed by atoms with van der Waals surface area (Å²) in [5.74, 6) is 0.317. The molecule has 0 amide bonds. The third-order valence-electron chi connectivity index (χ3n) is 2.72. The van der Waals surface area contributed by atoms with Crippen molar-refractivity contribution in [2.24, 2.45) is 0 Å². The van der Waals surface area contributed by atoms with Crippen molar-refractivity contribution >= 4 is 15.9 Å². The Morgan fingerprint density at radius 2 is 1.89 bits per heavy atom. The van der Waals surface area contributed by atoms with Crippen LogP contribution in [-0.2, 0) is 13.0 Å². The van der Waals surface area contributed by atoms with Gasteiger partial charge < -0.3 is 4.74 Å². The van der Waals surface area contributed by atoms with Crippen LogP contribution in [-0.4, -0.2) is 0 Å². The van der Waals surface area contributed by atoms with Gasteiger partial charge in [-0.25, -0.2) is 4.39 Å². The van der Waals surface area contributed by atoms with Crippen molar-refractivity contribution in [2.45, 2.75) is 20.0 Å². The lowest BCUT2D eigenvalue weighted by molar-refractivity contribution is 0.301. The highest BCUT2D eigenvalue weighted by Crippen LogP contribution is 2.27. The van der Waals surface area contributed by atoms with Crippen LogP contribution in [0.2, 0.25) is 0 Å². The molecular weight excluding hydrogens is 295 g/mol. The molecule has 0 saturated heterocycles. The molecule has 0 radical (unpaired) electrons. The van der Waals surface area contributed by atoms with Crippen molar-refractivity contribution in [3.05, 3.63) is 63.9 Å². The molecule has 18 heavy (non-hydrogen) atoms. The van der Waals surface area contributed by atoms with E-state index in [1.807, 2.05) is 37.3 Å². The van der Waals surface area contributed by atoms with Crippen molar-refractivity contribution in [3.63, 3.8) is 0 Å². The molecule has 3 heteroatoms. The molecule has 0 heterocycles. The Hall–Kier alpha value is -1.35. The molecular formula is C15H14BrFO. The number of benzene rings is 2. The van der Waals surface area contributed by atoms with Crippen LogP contribution in [0.25, 0.3) is 0 Å². The van der Waals surface area contributed by atoms with Gasteiger partial charge >= 0.3 is 0 Å². The summed E-state index contributed by atoms with van der Waals surface area (Å²) >= 11 is 3.19. The molecule has 0 saturated carbocycles. The van der Waals surface area contributed by atoms with E-state index in [1.54, 1.807) is 6.07 Å². The summed E-state index contributed by atoms with van der Waals surface area (Å²) in [7, 11) is 0. The van der Waals surface area contributed by atoms with E-state index in [2.05, 4.69) is 15.9 Å². The topological polar surface area (TPSA) is 9.23 Å². The minimum Gasteiger partial charge on any atom is -0.489 e. The zero-order valence-corrected chi connectivity index (χ0v) is 11.7. The SMILES string of the molecule is CCc1cc(Br)c(F)cc1OCc1ccccc1. The van der Waals surface area contributed by atoms with E-state index >= 15 is 0 Å². The summed E-state index contributed by atoms with van der Waals surface area (Å²) in [4.78, 5) is 0. The van der Waals surface area contributed by atoms with Gasteiger partial charge in [-0.3, -0.25) is 0 Å². The molecule has 0 N–H and O–H groups in total. The van der Waals surface area contributed by atoms with Gasteiger partial charge in [0.25, 0.3) is 0 Å². The zero-order chi connectivity index (χ0) is 13.0. The molecule has 0 unspecified atom stereocenters. The van der Waals surface area contributed by atoms with Gasteiger partial charge in [-0.15, -0.1) is 0 Å². The average molecular weight is 309 g/mol. The highest BCUT2D eigenvalue weighted by atomic mass is 79.9. The van der Waals surface area contributed by atoms with Crippen molar-refractivity contribution < 1.29 is 9.13 Å². The highest BCUT2D eigenvalue weighted by molar-refractivity contribution is 9.10. The maximum Gasteiger partial charge on any atom is 0.141 e. The van der Waals surface area contributed by atoms with E-state index in [9.17, 15) is 4.39 Å². The number of ether oxygens (including phenoxy) is 1. The third kappa shape index (κ3) is 3.10. The lowest BCUT2D eigenvalue weighted by atomic mass is 10.1. The Balaban J connectivity index is 2.16. The summed E-state index contributed by atoms with van der Waals surface area (Å²) in [5.41, 5.74) is 2.07. The van der Waals surface area contributed by atoms with Gasteiger partial charge in [0.2, 0.25) is 0 Å². The van der Waals surface area contributed by atoms with Crippen LogP contribution in [0, 0.1) is 5.82 Å². The van der Waals surface area contributed by atoms with Crippen LogP contribution < -0.4 is 4.74 Å². The number of hydrogen-bond acceptors (Lipinski definition) is 1. The normalized spacial score (nSPS) is 10.4. The van der Waals surface area contributed by atoms with Gasteiger partial charge in [0, 0.05) is 6.07 Å². The average Bonchev–Trinajstić information content (AvgIpc) is 2.41. The minimum atomic E-state index is -0.296. The second kappa shape index (κ2) is 6.01. The summed E-state index contributed by atoms with van der Waals surface area (Å²) in [6, 6.07) is 13.1. The zero-order valence-electron chi connectivity index (χ0n) is 10.1. The molecule has 0 aliphatic carbocycles. The van der Waals surface area contributed by atoms with E-state index in [4.69, 9.17) is 4.74 Å². The van der Waals surface area contributed by atoms with E-state index in [-0.39, 0.29) is 5.82 Å². The van der Waals surface area contributed by atoms with Gasteiger partial charge in [0.05, 0.1) is 4.47 Å². The summed E-state index contributed by atoms with van der Waals surface area (Å²) in [5, 5.41) is 0. The first-order valence-electron chi connectivity index (χ1n) is 5.85. The second-order valence-electron chi connectivity index (χ2n) is 4.00. The molecule has 0 aliphatic heterocycles. The quantitative estimate of drug-likeness (QED) is 0.793.